The molecule has 0 saturated carbocycles. The van der Waals surface area contributed by atoms with Gasteiger partial charge in [0, 0.05) is 28.7 Å². The first-order chi connectivity index (χ1) is 13.2. The maximum Gasteiger partial charge on any atom is 0.251 e. The Kier molecular flexibility index (Phi) is 5.48. The van der Waals surface area contributed by atoms with Gasteiger partial charge in [0.05, 0.1) is 11.4 Å². The molecule has 148 valence electrons. The Bertz CT molecular complexity index is 1110. The van der Waals surface area contributed by atoms with E-state index in [0.29, 0.717) is 22.5 Å². The molecular weight excluding hydrogens is 386 g/mol. The molecule has 0 fully saturated rings. The second kappa shape index (κ2) is 7.69. The van der Waals surface area contributed by atoms with Crippen LogP contribution < -0.4 is 10.5 Å². The van der Waals surface area contributed by atoms with Crippen molar-refractivity contribution in [2.24, 2.45) is 0 Å². The number of aromatic nitrogens is 2. The summed E-state index contributed by atoms with van der Waals surface area (Å²) in [7, 11) is -4.05. The van der Waals surface area contributed by atoms with Crippen LogP contribution in [0.3, 0.4) is 0 Å². The molecule has 9 heteroatoms. The van der Waals surface area contributed by atoms with Crippen LogP contribution in [0.15, 0.2) is 47.5 Å². The van der Waals surface area contributed by atoms with Crippen molar-refractivity contribution in [3.63, 3.8) is 0 Å². The van der Waals surface area contributed by atoms with Gasteiger partial charge in [-0.2, -0.15) is 0 Å². The lowest BCUT2D eigenvalue weighted by Crippen LogP contribution is -2.28. The second-order valence-corrected chi connectivity index (χ2v) is 8.20. The lowest BCUT2D eigenvalue weighted by Gasteiger charge is -2.12. The number of aromatic amines is 1. The number of hydrogen-bond acceptors (Lipinski definition) is 4. The molecule has 0 saturated heterocycles. The third-order valence-corrected chi connectivity index (χ3v) is 5.72. The zero-order valence-electron chi connectivity index (χ0n) is 15.3. The van der Waals surface area contributed by atoms with Crippen LogP contribution in [0.5, 0.6) is 0 Å². The van der Waals surface area contributed by atoms with Crippen molar-refractivity contribution in [1.82, 2.24) is 14.7 Å². The smallest absolute Gasteiger partial charge is 0.251 e. The summed E-state index contributed by atoms with van der Waals surface area (Å²) >= 11 is 0. The van der Waals surface area contributed by atoms with Gasteiger partial charge in [-0.1, -0.05) is 6.07 Å². The average Bonchev–Trinajstić information content (AvgIpc) is 3.07. The van der Waals surface area contributed by atoms with Crippen LogP contribution in [0.1, 0.15) is 11.3 Å². The molecule has 1 aromatic carbocycles. The van der Waals surface area contributed by atoms with Crippen LogP contribution in [0, 0.1) is 13.8 Å². The SMILES string of the molecule is Cc1ccc(-c2cc(-c3cc(S(=O)(=O)NCC(F)F)ccc3C)cnc2N)[nH]1. The largest absolute Gasteiger partial charge is 0.383 e. The number of sulfonamides is 1. The Morgan fingerprint density at radius 2 is 1.89 bits per heavy atom. The molecule has 0 aliphatic carbocycles. The number of benzene rings is 1. The van der Waals surface area contributed by atoms with Gasteiger partial charge < -0.3 is 10.7 Å². The number of rotatable bonds is 6. The highest BCUT2D eigenvalue weighted by Gasteiger charge is 2.18. The minimum Gasteiger partial charge on any atom is -0.383 e. The van der Waals surface area contributed by atoms with Crippen LogP contribution in [-0.2, 0) is 10.0 Å². The Balaban J connectivity index is 2.05. The molecule has 4 N–H and O–H groups in total. The number of aryl methyl sites for hydroxylation is 2. The van der Waals surface area contributed by atoms with E-state index in [2.05, 4.69) is 9.97 Å². The maximum absolute atomic E-state index is 12.4. The molecule has 3 aromatic rings. The summed E-state index contributed by atoms with van der Waals surface area (Å²) in [5.74, 6) is 0.339. The van der Waals surface area contributed by atoms with Crippen LogP contribution in [-0.4, -0.2) is 31.4 Å². The van der Waals surface area contributed by atoms with Crippen LogP contribution in [0.2, 0.25) is 0 Å². The number of H-pyrrole nitrogens is 1. The molecule has 0 amide bonds. The van der Waals surface area contributed by atoms with E-state index < -0.39 is 23.0 Å². The van der Waals surface area contributed by atoms with E-state index in [1.54, 1.807) is 12.3 Å². The molecule has 3 rings (SSSR count). The number of alkyl halides is 2. The summed E-state index contributed by atoms with van der Waals surface area (Å²) in [4.78, 5) is 7.33. The highest BCUT2D eigenvalue weighted by atomic mass is 32.2. The van der Waals surface area contributed by atoms with E-state index >= 15 is 0 Å². The minimum atomic E-state index is -4.05. The summed E-state index contributed by atoms with van der Waals surface area (Å²) in [6.07, 6.45) is -1.22. The molecular formula is C19H20F2N4O2S. The molecule has 0 aliphatic heterocycles. The number of halogens is 2. The number of nitrogen functional groups attached to an aromatic ring is 1. The normalized spacial score (nSPS) is 11.9. The maximum atomic E-state index is 12.4. The predicted molar refractivity (Wildman–Crippen MR) is 105 cm³/mol. The van der Waals surface area contributed by atoms with Gasteiger partial charge in [-0.15, -0.1) is 0 Å². The zero-order chi connectivity index (χ0) is 20.5. The Hall–Kier alpha value is -2.78. The summed E-state index contributed by atoms with van der Waals surface area (Å²) in [6, 6.07) is 10.1. The van der Waals surface area contributed by atoms with Crippen molar-refractivity contribution < 1.29 is 17.2 Å². The molecule has 0 radical (unpaired) electrons. The third-order valence-electron chi connectivity index (χ3n) is 4.30. The van der Waals surface area contributed by atoms with Crippen molar-refractivity contribution >= 4 is 15.8 Å². The fourth-order valence-corrected chi connectivity index (χ4v) is 3.87. The van der Waals surface area contributed by atoms with Gasteiger partial charge in [-0.05, 0) is 55.3 Å². The van der Waals surface area contributed by atoms with Gasteiger partial charge in [0.25, 0.3) is 6.43 Å². The number of nitrogens with one attached hydrogen (secondary N) is 2. The third kappa shape index (κ3) is 4.20. The highest BCUT2D eigenvalue weighted by molar-refractivity contribution is 7.89. The number of pyridine rings is 1. The fourth-order valence-electron chi connectivity index (χ4n) is 2.83. The number of nitrogens with zero attached hydrogens (tertiary/aromatic N) is 1. The summed E-state index contributed by atoms with van der Waals surface area (Å²) in [5, 5.41) is 0. The van der Waals surface area contributed by atoms with Crippen molar-refractivity contribution in [3.05, 3.63) is 53.9 Å². The zero-order valence-corrected chi connectivity index (χ0v) is 16.1. The van der Waals surface area contributed by atoms with Crippen LogP contribution in [0.4, 0.5) is 14.6 Å². The summed E-state index contributed by atoms with van der Waals surface area (Å²) in [5.41, 5.74) is 10.6. The van der Waals surface area contributed by atoms with E-state index in [0.717, 1.165) is 17.0 Å². The first-order valence-electron chi connectivity index (χ1n) is 8.48. The van der Waals surface area contributed by atoms with Crippen LogP contribution >= 0.6 is 0 Å². The van der Waals surface area contributed by atoms with Crippen LogP contribution in [0.25, 0.3) is 22.4 Å². The van der Waals surface area contributed by atoms with E-state index in [4.69, 9.17) is 5.73 Å². The highest BCUT2D eigenvalue weighted by Crippen LogP contribution is 2.31. The minimum absolute atomic E-state index is 0.0946. The molecule has 2 aromatic heterocycles. The molecule has 0 atom stereocenters. The van der Waals surface area contributed by atoms with Gasteiger partial charge in [0.15, 0.2) is 0 Å². The number of anilines is 1. The second-order valence-electron chi connectivity index (χ2n) is 6.43. The first-order valence-corrected chi connectivity index (χ1v) is 9.96. The number of nitrogens with two attached hydrogens (primary N) is 1. The predicted octanol–water partition coefficient (Wildman–Crippen LogP) is 3.49. The average molecular weight is 406 g/mol. The molecule has 6 nitrogen and oxygen atoms in total. The Morgan fingerprint density at radius 1 is 1.14 bits per heavy atom. The van der Waals surface area contributed by atoms with E-state index in [9.17, 15) is 17.2 Å². The van der Waals surface area contributed by atoms with Gasteiger partial charge in [0.2, 0.25) is 10.0 Å². The van der Waals surface area contributed by atoms with Crippen molar-refractivity contribution in [1.29, 1.82) is 0 Å². The monoisotopic (exact) mass is 406 g/mol. The topological polar surface area (TPSA) is 101 Å². The van der Waals surface area contributed by atoms with Gasteiger partial charge in [-0.3, -0.25) is 0 Å². The quantitative estimate of drug-likeness (QED) is 0.583. The molecule has 2 heterocycles. The van der Waals surface area contributed by atoms with Gasteiger partial charge in [0.1, 0.15) is 5.82 Å². The van der Waals surface area contributed by atoms with E-state index in [1.165, 1.54) is 12.1 Å². The van der Waals surface area contributed by atoms with E-state index in [1.807, 2.05) is 36.8 Å². The van der Waals surface area contributed by atoms with Gasteiger partial charge >= 0.3 is 0 Å². The lowest BCUT2D eigenvalue weighted by atomic mass is 10.00. The van der Waals surface area contributed by atoms with E-state index in [-0.39, 0.29) is 4.90 Å². The molecule has 0 unspecified atom stereocenters. The summed E-state index contributed by atoms with van der Waals surface area (Å²) in [6.45, 7) is 2.81. The molecule has 0 spiro atoms. The van der Waals surface area contributed by atoms with Gasteiger partial charge in [-0.25, -0.2) is 26.9 Å². The molecule has 0 aliphatic rings. The fraction of sp³-hybridized carbons (Fsp3) is 0.211. The lowest BCUT2D eigenvalue weighted by molar-refractivity contribution is 0.153. The number of hydrogen-bond donors (Lipinski definition) is 3. The summed E-state index contributed by atoms with van der Waals surface area (Å²) < 4.78 is 51.3. The first kappa shape index (κ1) is 20.0. The standard InChI is InChI=1S/C19H20F2N4O2S/c1-11-3-5-14(28(26,27)24-10-18(20)21)8-15(11)13-7-16(19(22)23-9-13)17-6-4-12(2)25-17/h3-9,18,24-25H,10H2,1-2H3,(H2,22,23). The Morgan fingerprint density at radius 3 is 2.54 bits per heavy atom. The van der Waals surface area contributed by atoms with Crippen molar-refractivity contribution in [2.45, 2.75) is 25.2 Å². The molecule has 0 bridgehead atoms. The Labute approximate surface area is 161 Å². The van der Waals surface area contributed by atoms with Crippen molar-refractivity contribution in [2.75, 3.05) is 12.3 Å². The van der Waals surface area contributed by atoms with Crippen molar-refractivity contribution in [3.8, 4) is 22.4 Å². The molecule has 28 heavy (non-hydrogen) atoms.